The van der Waals surface area contributed by atoms with E-state index in [0.717, 1.165) is 0 Å². The number of rotatable bonds is 3. The quantitative estimate of drug-likeness (QED) is 0.407. The summed E-state index contributed by atoms with van der Waals surface area (Å²) in [6.07, 6.45) is 0. The number of aliphatic hydroxyl groups excluding tert-OH is 1. The van der Waals surface area contributed by atoms with Gasteiger partial charge in [0.25, 0.3) is 5.78 Å². The maximum atomic E-state index is 13.0. The Morgan fingerprint density at radius 1 is 0.931 bits per heavy atom. The normalized spacial score (nSPS) is 18.2. The maximum absolute atomic E-state index is 13.0. The van der Waals surface area contributed by atoms with Crippen LogP contribution in [-0.2, 0) is 9.59 Å². The van der Waals surface area contributed by atoms with Crippen molar-refractivity contribution in [3.63, 3.8) is 0 Å². The van der Waals surface area contributed by atoms with Crippen LogP contribution in [0.4, 0.5) is 5.82 Å². The van der Waals surface area contributed by atoms with Gasteiger partial charge in [0.15, 0.2) is 0 Å². The predicted octanol–water partition coefficient (Wildman–Crippen LogP) is 3.72. The predicted molar refractivity (Wildman–Crippen MR) is 108 cm³/mol. The Hall–Kier alpha value is -3.93. The summed E-state index contributed by atoms with van der Waals surface area (Å²) in [5.74, 6) is -1.43. The van der Waals surface area contributed by atoms with Gasteiger partial charge >= 0.3 is 5.91 Å². The summed E-state index contributed by atoms with van der Waals surface area (Å²) in [5, 5.41) is 20.6. The zero-order chi connectivity index (χ0) is 20.5. The highest BCUT2D eigenvalue weighted by molar-refractivity contribution is 6.51. The highest BCUT2D eigenvalue weighted by atomic mass is 16.3. The minimum Gasteiger partial charge on any atom is -0.508 e. The number of phenols is 1. The van der Waals surface area contributed by atoms with E-state index < -0.39 is 17.7 Å². The van der Waals surface area contributed by atoms with Gasteiger partial charge in [0.2, 0.25) is 0 Å². The molecule has 0 aliphatic carbocycles. The third-order valence-corrected chi connectivity index (χ3v) is 4.82. The van der Waals surface area contributed by atoms with Crippen LogP contribution >= 0.6 is 0 Å². The zero-order valence-corrected chi connectivity index (χ0v) is 15.6. The van der Waals surface area contributed by atoms with Crippen LogP contribution in [0.15, 0.2) is 78.4 Å². The van der Waals surface area contributed by atoms with Gasteiger partial charge in [-0.25, -0.2) is 4.98 Å². The van der Waals surface area contributed by atoms with Crippen molar-refractivity contribution in [3.8, 4) is 5.75 Å². The number of aliphatic hydroxyl groups is 1. The number of nitrogens with zero attached hydrogens (tertiary/aromatic N) is 2. The Morgan fingerprint density at radius 3 is 2.28 bits per heavy atom. The number of aromatic hydroxyl groups is 1. The van der Waals surface area contributed by atoms with Gasteiger partial charge in [0.05, 0.1) is 11.6 Å². The average Bonchev–Trinajstić information content (AvgIpc) is 2.99. The lowest BCUT2D eigenvalue weighted by Gasteiger charge is -2.24. The van der Waals surface area contributed by atoms with Gasteiger partial charge < -0.3 is 10.2 Å². The minimum atomic E-state index is -0.870. The highest BCUT2D eigenvalue weighted by Gasteiger charge is 2.47. The van der Waals surface area contributed by atoms with Crippen LogP contribution in [0.25, 0.3) is 5.76 Å². The van der Waals surface area contributed by atoms with Crippen LogP contribution in [0.3, 0.4) is 0 Å². The molecule has 4 rings (SSSR count). The van der Waals surface area contributed by atoms with Crippen molar-refractivity contribution in [2.75, 3.05) is 4.90 Å². The number of phenolic OH excluding ortho intramolecular Hbond substituents is 1. The molecular formula is C23H18N2O4. The molecule has 1 fully saturated rings. The molecule has 29 heavy (non-hydrogen) atoms. The molecule has 0 saturated carbocycles. The molecule has 6 nitrogen and oxygen atoms in total. The number of Topliss-reactive ketones (excluding diaryl/α,β-unsaturated/α-hetero) is 1. The fourth-order valence-corrected chi connectivity index (χ4v) is 3.46. The summed E-state index contributed by atoms with van der Waals surface area (Å²) in [7, 11) is 0. The summed E-state index contributed by atoms with van der Waals surface area (Å²) in [5.41, 5.74) is 1.68. The third-order valence-electron chi connectivity index (χ3n) is 4.82. The Kier molecular flexibility index (Phi) is 4.60. The molecule has 1 unspecified atom stereocenters. The summed E-state index contributed by atoms with van der Waals surface area (Å²) in [6.45, 7) is 1.79. The number of anilines is 1. The lowest BCUT2D eigenvalue weighted by atomic mass is 9.95. The van der Waals surface area contributed by atoms with Gasteiger partial charge in [-0.1, -0.05) is 48.5 Å². The largest absolute Gasteiger partial charge is 0.508 e. The first kappa shape index (κ1) is 18.4. The van der Waals surface area contributed by atoms with Crippen molar-refractivity contribution < 1.29 is 19.8 Å². The van der Waals surface area contributed by atoms with Gasteiger partial charge in [0, 0.05) is 11.3 Å². The number of amides is 1. The van der Waals surface area contributed by atoms with Gasteiger partial charge in [-0.05, 0) is 36.8 Å². The molecule has 1 saturated heterocycles. The molecule has 1 aliphatic heterocycles. The van der Waals surface area contributed by atoms with E-state index in [1.54, 1.807) is 67.6 Å². The van der Waals surface area contributed by atoms with E-state index in [-0.39, 0.29) is 17.1 Å². The Labute approximate surface area is 167 Å². The second-order valence-corrected chi connectivity index (χ2v) is 6.76. The lowest BCUT2D eigenvalue weighted by Crippen LogP contribution is -2.30. The van der Waals surface area contributed by atoms with E-state index in [2.05, 4.69) is 4.98 Å². The van der Waals surface area contributed by atoms with Gasteiger partial charge in [-0.15, -0.1) is 0 Å². The first-order chi connectivity index (χ1) is 14.0. The Balaban J connectivity index is 1.96. The van der Waals surface area contributed by atoms with Crippen molar-refractivity contribution in [1.82, 2.24) is 4.98 Å². The molecule has 0 bridgehead atoms. The molecule has 1 aromatic heterocycles. The van der Waals surface area contributed by atoms with Gasteiger partial charge in [0.1, 0.15) is 17.3 Å². The molecule has 2 heterocycles. The molecule has 144 valence electrons. The van der Waals surface area contributed by atoms with Crippen LogP contribution in [0, 0.1) is 6.92 Å². The van der Waals surface area contributed by atoms with E-state index in [0.29, 0.717) is 22.6 Å². The summed E-state index contributed by atoms with van der Waals surface area (Å²) in [6, 6.07) is 19.1. The Morgan fingerprint density at radius 2 is 1.62 bits per heavy atom. The van der Waals surface area contributed by atoms with Crippen LogP contribution < -0.4 is 4.90 Å². The maximum Gasteiger partial charge on any atom is 0.301 e. The molecule has 1 aliphatic rings. The third kappa shape index (κ3) is 3.25. The fourth-order valence-electron chi connectivity index (χ4n) is 3.46. The van der Waals surface area contributed by atoms with E-state index in [9.17, 15) is 19.8 Å². The van der Waals surface area contributed by atoms with Crippen LogP contribution in [0.2, 0.25) is 0 Å². The molecule has 0 spiro atoms. The van der Waals surface area contributed by atoms with E-state index >= 15 is 0 Å². The number of aryl methyl sites for hydroxylation is 1. The van der Waals surface area contributed by atoms with Crippen molar-refractivity contribution in [2.45, 2.75) is 13.0 Å². The van der Waals surface area contributed by atoms with Crippen LogP contribution in [0.5, 0.6) is 5.75 Å². The Bertz CT molecular complexity index is 1120. The first-order valence-corrected chi connectivity index (χ1v) is 9.06. The highest BCUT2D eigenvalue weighted by Crippen LogP contribution is 2.41. The smallest absolute Gasteiger partial charge is 0.301 e. The van der Waals surface area contributed by atoms with Gasteiger partial charge in [-0.2, -0.15) is 0 Å². The van der Waals surface area contributed by atoms with E-state index in [4.69, 9.17) is 0 Å². The fraction of sp³-hybridized carbons (Fsp3) is 0.0870. The number of aromatic nitrogens is 1. The summed E-state index contributed by atoms with van der Waals surface area (Å²) < 4.78 is 0. The number of pyridine rings is 1. The number of carbonyl (C=O) groups is 2. The SMILES string of the molecule is Cc1cccc(N2C(=O)C(=O)C(=C(O)c3ccccc3)C2c2ccc(O)cc2)n1. The molecule has 1 atom stereocenters. The lowest BCUT2D eigenvalue weighted by molar-refractivity contribution is -0.132. The first-order valence-electron chi connectivity index (χ1n) is 9.06. The molecule has 1 amide bonds. The second kappa shape index (κ2) is 7.24. The monoisotopic (exact) mass is 386 g/mol. The summed E-state index contributed by atoms with van der Waals surface area (Å²) in [4.78, 5) is 31.6. The summed E-state index contributed by atoms with van der Waals surface area (Å²) >= 11 is 0. The van der Waals surface area contributed by atoms with Gasteiger partial charge in [-0.3, -0.25) is 14.5 Å². The average molecular weight is 386 g/mol. The number of hydrogen-bond acceptors (Lipinski definition) is 5. The molecule has 6 heteroatoms. The minimum absolute atomic E-state index is 0.0183. The van der Waals surface area contributed by atoms with Crippen molar-refractivity contribution in [3.05, 3.63) is 95.2 Å². The van der Waals surface area contributed by atoms with Crippen molar-refractivity contribution in [2.24, 2.45) is 0 Å². The second-order valence-electron chi connectivity index (χ2n) is 6.76. The standard InChI is InChI=1S/C23H18N2O4/c1-14-6-5-9-18(24-14)25-20(15-10-12-17(26)13-11-15)19(22(28)23(25)29)21(27)16-7-3-2-4-8-16/h2-13,20,26-27H,1H3. The molecule has 0 radical (unpaired) electrons. The van der Waals surface area contributed by atoms with E-state index in [1.165, 1.54) is 17.0 Å². The zero-order valence-electron chi connectivity index (χ0n) is 15.6. The number of hydrogen-bond donors (Lipinski definition) is 2. The van der Waals surface area contributed by atoms with Crippen molar-refractivity contribution >= 4 is 23.3 Å². The number of ketones is 1. The van der Waals surface area contributed by atoms with Crippen molar-refractivity contribution in [1.29, 1.82) is 0 Å². The van der Waals surface area contributed by atoms with E-state index in [1.807, 2.05) is 0 Å². The van der Waals surface area contributed by atoms with Crippen LogP contribution in [0.1, 0.15) is 22.9 Å². The topological polar surface area (TPSA) is 90.7 Å². The number of carbonyl (C=O) groups excluding carboxylic acids is 2. The molecular weight excluding hydrogens is 368 g/mol. The molecule has 2 aromatic carbocycles. The van der Waals surface area contributed by atoms with Crippen LogP contribution in [-0.4, -0.2) is 26.9 Å². The number of benzene rings is 2. The molecule has 3 aromatic rings. The molecule has 2 N–H and O–H groups in total.